The lowest BCUT2D eigenvalue weighted by atomic mass is 9.93. The summed E-state index contributed by atoms with van der Waals surface area (Å²) in [4.78, 5) is 36.9. The minimum atomic E-state index is 0.273. The van der Waals surface area contributed by atoms with Crippen LogP contribution >= 0.6 is 0 Å². The lowest BCUT2D eigenvalue weighted by Crippen LogP contribution is -2.38. The number of rotatable bonds is 7. The van der Waals surface area contributed by atoms with Crippen LogP contribution in [0.1, 0.15) is 39.0 Å². The number of aromatic nitrogens is 4. The Hall–Kier alpha value is -2.97. The normalized spacial score (nSPS) is 19.5. The zero-order valence-electron chi connectivity index (χ0n) is 19.0. The molecule has 1 amide bonds. The molecule has 0 radical (unpaired) electrons. The number of carbonyl (C=O) groups excluding carboxylic acids is 1. The molecule has 0 bridgehead atoms. The third-order valence-corrected chi connectivity index (χ3v) is 6.30. The minimum Gasteiger partial charge on any atom is -0.370 e. The Morgan fingerprint density at radius 3 is 2.72 bits per heavy atom. The third kappa shape index (κ3) is 5.83. The van der Waals surface area contributed by atoms with Crippen LogP contribution in [0.25, 0.3) is 0 Å². The van der Waals surface area contributed by atoms with Gasteiger partial charge >= 0.3 is 0 Å². The highest BCUT2D eigenvalue weighted by atomic mass is 16.2. The van der Waals surface area contributed by atoms with E-state index in [1.165, 1.54) is 6.42 Å². The Kier molecular flexibility index (Phi) is 7.68. The molecule has 2 aliphatic heterocycles. The predicted molar refractivity (Wildman–Crippen MR) is 126 cm³/mol. The lowest BCUT2D eigenvalue weighted by molar-refractivity contribution is -0.131. The van der Waals surface area contributed by atoms with Crippen LogP contribution in [-0.2, 0) is 4.79 Å². The van der Waals surface area contributed by atoms with Gasteiger partial charge in [-0.15, -0.1) is 0 Å². The average Bonchev–Trinajstić information content (AvgIpc) is 3.10. The van der Waals surface area contributed by atoms with Crippen molar-refractivity contribution >= 4 is 23.5 Å². The standard InChI is InChI=1S/C23H34N8O/c1-2-24-20-16-21(28-18-27-20)31-11-3-6-19(17-31)7-8-22(32)29-12-5-13-30(15-14-29)23-25-9-4-10-26-23/h4,9-10,16,18-19H,2-3,5-8,11-15,17H2,1H3,(H,24,27,28). The van der Waals surface area contributed by atoms with Crippen LogP contribution in [0.2, 0.25) is 0 Å². The fraction of sp³-hybridized carbons (Fsp3) is 0.609. The fourth-order valence-corrected chi connectivity index (χ4v) is 4.61. The van der Waals surface area contributed by atoms with Gasteiger partial charge in [-0.05, 0) is 44.6 Å². The number of hydrogen-bond donors (Lipinski definition) is 1. The summed E-state index contributed by atoms with van der Waals surface area (Å²) in [5, 5.41) is 3.25. The maximum Gasteiger partial charge on any atom is 0.225 e. The molecular weight excluding hydrogens is 404 g/mol. The van der Waals surface area contributed by atoms with Crippen LogP contribution in [0.3, 0.4) is 0 Å². The van der Waals surface area contributed by atoms with Crippen LogP contribution in [0.4, 0.5) is 17.6 Å². The molecule has 9 heteroatoms. The van der Waals surface area contributed by atoms with Gasteiger partial charge in [0.15, 0.2) is 0 Å². The van der Waals surface area contributed by atoms with Crippen molar-refractivity contribution in [1.29, 1.82) is 0 Å². The molecule has 1 unspecified atom stereocenters. The van der Waals surface area contributed by atoms with Crippen LogP contribution in [-0.4, -0.2) is 76.6 Å². The molecule has 2 aromatic rings. The molecule has 2 aromatic heterocycles. The van der Waals surface area contributed by atoms with Gasteiger partial charge in [0.25, 0.3) is 0 Å². The van der Waals surface area contributed by atoms with Gasteiger partial charge in [-0.3, -0.25) is 4.79 Å². The smallest absolute Gasteiger partial charge is 0.225 e. The highest BCUT2D eigenvalue weighted by Crippen LogP contribution is 2.26. The molecule has 0 aliphatic carbocycles. The Labute approximate surface area is 190 Å². The molecule has 2 fully saturated rings. The van der Waals surface area contributed by atoms with Crippen LogP contribution in [0.15, 0.2) is 30.9 Å². The van der Waals surface area contributed by atoms with E-state index in [0.717, 1.165) is 82.7 Å². The first-order valence-corrected chi connectivity index (χ1v) is 11.8. The largest absolute Gasteiger partial charge is 0.370 e. The molecular formula is C23H34N8O. The van der Waals surface area contributed by atoms with Gasteiger partial charge in [-0.1, -0.05) is 0 Å². The third-order valence-electron chi connectivity index (χ3n) is 6.30. The van der Waals surface area contributed by atoms with E-state index in [1.807, 2.05) is 17.0 Å². The van der Waals surface area contributed by atoms with Gasteiger partial charge in [0.1, 0.15) is 18.0 Å². The van der Waals surface area contributed by atoms with Gasteiger partial charge in [0.05, 0.1) is 0 Å². The molecule has 4 rings (SSSR count). The number of amides is 1. The van der Waals surface area contributed by atoms with E-state index >= 15 is 0 Å². The van der Waals surface area contributed by atoms with E-state index in [2.05, 4.69) is 42.0 Å². The molecule has 2 saturated heterocycles. The first kappa shape index (κ1) is 22.2. The number of carbonyl (C=O) groups is 1. The summed E-state index contributed by atoms with van der Waals surface area (Å²) in [5.41, 5.74) is 0. The Morgan fingerprint density at radius 2 is 1.88 bits per heavy atom. The maximum atomic E-state index is 12.9. The fourth-order valence-electron chi connectivity index (χ4n) is 4.61. The van der Waals surface area contributed by atoms with Crippen molar-refractivity contribution in [2.24, 2.45) is 5.92 Å². The van der Waals surface area contributed by atoms with Crippen molar-refractivity contribution < 1.29 is 4.79 Å². The number of nitrogens with zero attached hydrogens (tertiary/aromatic N) is 7. The zero-order chi connectivity index (χ0) is 22.2. The average molecular weight is 439 g/mol. The van der Waals surface area contributed by atoms with Gasteiger partial charge in [0, 0.05) is 70.7 Å². The summed E-state index contributed by atoms with van der Waals surface area (Å²) < 4.78 is 0. The van der Waals surface area contributed by atoms with Gasteiger partial charge in [-0.25, -0.2) is 19.9 Å². The highest BCUT2D eigenvalue weighted by molar-refractivity contribution is 5.76. The van der Waals surface area contributed by atoms with Crippen LogP contribution < -0.4 is 15.1 Å². The summed E-state index contributed by atoms with van der Waals surface area (Å²) in [6.07, 6.45) is 9.98. The molecule has 1 atom stereocenters. The quantitative estimate of drug-likeness (QED) is 0.705. The van der Waals surface area contributed by atoms with Crippen LogP contribution in [0, 0.1) is 5.92 Å². The van der Waals surface area contributed by atoms with Gasteiger partial charge < -0.3 is 20.0 Å². The predicted octanol–water partition coefficient (Wildman–Crippen LogP) is 2.43. The van der Waals surface area contributed by atoms with E-state index in [0.29, 0.717) is 12.3 Å². The van der Waals surface area contributed by atoms with Crippen molar-refractivity contribution in [3.05, 3.63) is 30.9 Å². The van der Waals surface area contributed by atoms with Crippen molar-refractivity contribution in [1.82, 2.24) is 24.8 Å². The Morgan fingerprint density at radius 1 is 1.03 bits per heavy atom. The molecule has 4 heterocycles. The number of piperidine rings is 1. The monoisotopic (exact) mass is 438 g/mol. The summed E-state index contributed by atoms with van der Waals surface area (Å²) >= 11 is 0. The Balaban J connectivity index is 1.26. The first-order chi connectivity index (χ1) is 15.7. The van der Waals surface area contributed by atoms with Crippen molar-refractivity contribution in [3.63, 3.8) is 0 Å². The second kappa shape index (κ2) is 11.1. The van der Waals surface area contributed by atoms with E-state index in [4.69, 9.17) is 0 Å². The molecule has 9 nitrogen and oxygen atoms in total. The molecule has 172 valence electrons. The summed E-state index contributed by atoms with van der Waals surface area (Å²) in [7, 11) is 0. The maximum absolute atomic E-state index is 12.9. The Bertz CT molecular complexity index is 864. The molecule has 0 saturated carbocycles. The van der Waals surface area contributed by atoms with E-state index in [9.17, 15) is 4.79 Å². The number of anilines is 3. The molecule has 1 N–H and O–H groups in total. The highest BCUT2D eigenvalue weighted by Gasteiger charge is 2.24. The van der Waals surface area contributed by atoms with E-state index in [-0.39, 0.29) is 5.91 Å². The summed E-state index contributed by atoms with van der Waals surface area (Å²) in [6, 6.07) is 3.85. The first-order valence-electron chi connectivity index (χ1n) is 11.8. The molecule has 2 aliphatic rings. The van der Waals surface area contributed by atoms with Crippen molar-refractivity contribution in [3.8, 4) is 0 Å². The minimum absolute atomic E-state index is 0.273. The van der Waals surface area contributed by atoms with Crippen molar-refractivity contribution in [2.75, 3.05) is 60.9 Å². The molecule has 0 aromatic carbocycles. The van der Waals surface area contributed by atoms with Crippen LogP contribution in [0.5, 0.6) is 0 Å². The summed E-state index contributed by atoms with van der Waals surface area (Å²) in [5.74, 6) is 3.39. The van der Waals surface area contributed by atoms with E-state index in [1.54, 1.807) is 18.7 Å². The van der Waals surface area contributed by atoms with Crippen molar-refractivity contribution in [2.45, 2.75) is 39.0 Å². The SMILES string of the molecule is CCNc1cc(N2CCCC(CCC(=O)N3CCCN(c4ncccn4)CC3)C2)ncn1. The topological polar surface area (TPSA) is 90.4 Å². The lowest BCUT2D eigenvalue weighted by Gasteiger charge is -2.34. The number of nitrogens with one attached hydrogen (secondary N) is 1. The molecule has 0 spiro atoms. The summed E-state index contributed by atoms with van der Waals surface area (Å²) in [6.45, 7) is 8.09. The second-order valence-electron chi connectivity index (χ2n) is 8.55. The second-order valence-corrected chi connectivity index (χ2v) is 8.55. The van der Waals surface area contributed by atoms with Gasteiger partial charge in [0.2, 0.25) is 11.9 Å². The van der Waals surface area contributed by atoms with E-state index < -0.39 is 0 Å². The number of hydrogen-bond acceptors (Lipinski definition) is 8. The zero-order valence-corrected chi connectivity index (χ0v) is 19.0. The molecule has 32 heavy (non-hydrogen) atoms. The van der Waals surface area contributed by atoms with Gasteiger partial charge in [-0.2, -0.15) is 0 Å².